The number of esters is 1. The van der Waals surface area contributed by atoms with Crippen LogP contribution in [0.15, 0.2) is 48.7 Å². The number of benzene rings is 2. The van der Waals surface area contributed by atoms with Crippen LogP contribution in [0.3, 0.4) is 0 Å². The fourth-order valence-corrected chi connectivity index (χ4v) is 3.37. The molecule has 7 heteroatoms. The monoisotopic (exact) mass is 416 g/mol. The van der Waals surface area contributed by atoms with Crippen LogP contribution in [-0.2, 0) is 16.0 Å². The van der Waals surface area contributed by atoms with E-state index in [0.29, 0.717) is 17.3 Å². The fourth-order valence-electron chi connectivity index (χ4n) is 3.17. The normalized spacial score (nSPS) is 13.2. The first-order chi connectivity index (χ1) is 14.0. The predicted molar refractivity (Wildman–Crippen MR) is 113 cm³/mol. The van der Waals surface area contributed by atoms with E-state index < -0.39 is 12.1 Å². The molecule has 0 amide bonds. The average molecular weight is 417 g/mol. The number of carbonyl (C=O) groups excluding carboxylic acids is 1. The molecule has 2 aromatic carbocycles. The third-order valence-corrected chi connectivity index (χ3v) is 4.98. The van der Waals surface area contributed by atoms with Gasteiger partial charge in [-0.3, -0.25) is 0 Å². The second kappa shape index (κ2) is 9.78. The summed E-state index contributed by atoms with van der Waals surface area (Å²) >= 11 is 5.99. The summed E-state index contributed by atoms with van der Waals surface area (Å²) in [5, 5.41) is 15.4. The van der Waals surface area contributed by atoms with Gasteiger partial charge in [-0.15, -0.1) is 0 Å². The molecule has 0 aliphatic carbocycles. The lowest BCUT2D eigenvalue weighted by Crippen LogP contribution is -2.32. The fraction of sp³-hybridized carbons (Fsp3) is 0.318. The van der Waals surface area contributed by atoms with E-state index in [0.717, 1.165) is 28.5 Å². The third kappa shape index (κ3) is 5.73. The van der Waals surface area contributed by atoms with Crippen molar-refractivity contribution < 1.29 is 19.4 Å². The zero-order valence-corrected chi connectivity index (χ0v) is 17.2. The van der Waals surface area contributed by atoms with E-state index in [1.807, 2.05) is 36.5 Å². The number of carbonyl (C=O) groups is 1. The van der Waals surface area contributed by atoms with E-state index in [2.05, 4.69) is 22.0 Å². The van der Waals surface area contributed by atoms with Gasteiger partial charge in [0.05, 0.1) is 13.2 Å². The second-order valence-electron chi connectivity index (χ2n) is 6.97. The van der Waals surface area contributed by atoms with Gasteiger partial charge in [0.15, 0.2) is 6.61 Å². The minimum absolute atomic E-state index is 0.120. The molecule has 0 aliphatic heterocycles. The van der Waals surface area contributed by atoms with Gasteiger partial charge >= 0.3 is 5.97 Å². The van der Waals surface area contributed by atoms with Gasteiger partial charge in [0.2, 0.25) is 0 Å². The summed E-state index contributed by atoms with van der Waals surface area (Å²) in [6.45, 7) is 2.40. The number of methoxy groups -OCH3 is 1. The third-order valence-electron chi connectivity index (χ3n) is 4.74. The molecule has 0 saturated carbocycles. The van der Waals surface area contributed by atoms with Crippen LogP contribution < -0.4 is 10.1 Å². The van der Waals surface area contributed by atoms with Crippen molar-refractivity contribution in [2.24, 2.45) is 0 Å². The Kier molecular flexibility index (Phi) is 7.14. The van der Waals surface area contributed by atoms with Crippen molar-refractivity contribution in [2.45, 2.75) is 25.5 Å². The molecule has 2 unspecified atom stereocenters. The Morgan fingerprint density at radius 2 is 2.10 bits per heavy atom. The maximum atomic E-state index is 11.2. The summed E-state index contributed by atoms with van der Waals surface area (Å²) in [6.07, 6.45) is 2.15. The molecule has 0 spiro atoms. The zero-order chi connectivity index (χ0) is 20.8. The van der Waals surface area contributed by atoms with E-state index >= 15 is 0 Å². The maximum absolute atomic E-state index is 11.2. The first-order valence-corrected chi connectivity index (χ1v) is 9.80. The molecule has 29 heavy (non-hydrogen) atoms. The minimum Gasteiger partial charge on any atom is -0.482 e. The van der Waals surface area contributed by atoms with E-state index in [4.69, 9.17) is 16.3 Å². The topological polar surface area (TPSA) is 83.6 Å². The van der Waals surface area contributed by atoms with Gasteiger partial charge in [0.25, 0.3) is 0 Å². The molecule has 3 N–H and O–H groups in total. The highest BCUT2D eigenvalue weighted by Gasteiger charge is 2.13. The first-order valence-electron chi connectivity index (χ1n) is 9.43. The molecule has 0 saturated heterocycles. The number of aliphatic hydroxyl groups excluding tert-OH is 1. The molecule has 1 aromatic heterocycles. The Bertz CT molecular complexity index is 972. The number of aromatic amines is 1. The van der Waals surface area contributed by atoms with Crippen molar-refractivity contribution in [3.63, 3.8) is 0 Å². The molecule has 0 bridgehead atoms. The van der Waals surface area contributed by atoms with E-state index in [1.165, 1.54) is 7.11 Å². The smallest absolute Gasteiger partial charge is 0.343 e. The number of fused-ring (bicyclic) bond motifs is 1. The summed E-state index contributed by atoms with van der Waals surface area (Å²) in [5.41, 5.74) is 2.90. The SMILES string of the molecule is COC(=O)COc1ccc2c(CC(C)NCC(O)c3cccc(Cl)c3)c[nH]c2c1. The molecule has 0 radical (unpaired) electrons. The van der Waals surface area contributed by atoms with Gasteiger partial charge in [0, 0.05) is 40.8 Å². The summed E-state index contributed by atoms with van der Waals surface area (Å²) < 4.78 is 10.0. The summed E-state index contributed by atoms with van der Waals surface area (Å²) in [6, 6.07) is 13.1. The Labute approximate surface area is 174 Å². The summed E-state index contributed by atoms with van der Waals surface area (Å²) in [4.78, 5) is 14.4. The molecular formula is C22H25ClN2O4. The van der Waals surface area contributed by atoms with Crippen LogP contribution in [0.2, 0.25) is 5.02 Å². The van der Waals surface area contributed by atoms with Crippen molar-refractivity contribution in [1.29, 1.82) is 0 Å². The summed E-state index contributed by atoms with van der Waals surface area (Å²) in [5.74, 6) is 0.184. The first kappa shape index (κ1) is 21.2. The quantitative estimate of drug-likeness (QED) is 0.464. The minimum atomic E-state index is -0.617. The number of aromatic nitrogens is 1. The molecule has 3 rings (SSSR count). The van der Waals surface area contributed by atoms with E-state index in [1.54, 1.807) is 12.1 Å². The van der Waals surface area contributed by atoms with Gasteiger partial charge in [-0.25, -0.2) is 4.79 Å². The lowest BCUT2D eigenvalue weighted by Gasteiger charge is -2.17. The Hall–Kier alpha value is -2.54. The number of hydrogen-bond acceptors (Lipinski definition) is 5. The average Bonchev–Trinajstić information content (AvgIpc) is 3.12. The van der Waals surface area contributed by atoms with Crippen LogP contribution >= 0.6 is 11.6 Å². The number of nitrogens with one attached hydrogen (secondary N) is 2. The van der Waals surface area contributed by atoms with Gasteiger partial charge in [-0.2, -0.15) is 0 Å². The maximum Gasteiger partial charge on any atom is 0.343 e. The summed E-state index contributed by atoms with van der Waals surface area (Å²) in [7, 11) is 1.33. The number of ether oxygens (including phenoxy) is 2. The number of rotatable bonds is 9. The molecular weight excluding hydrogens is 392 g/mol. The largest absolute Gasteiger partial charge is 0.482 e. The van der Waals surface area contributed by atoms with Crippen molar-refractivity contribution in [3.8, 4) is 5.75 Å². The van der Waals surface area contributed by atoms with Crippen LogP contribution in [0.25, 0.3) is 10.9 Å². The van der Waals surface area contributed by atoms with Crippen LogP contribution in [0.5, 0.6) is 5.75 Å². The number of aliphatic hydroxyl groups is 1. The zero-order valence-electron chi connectivity index (χ0n) is 16.4. The lowest BCUT2D eigenvalue weighted by molar-refractivity contribution is -0.142. The Morgan fingerprint density at radius 1 is 1.28 bits per heavy atom. The highest BCUT2D eigenvalue weighted by Crippen LogP contribution is 2.24. The number of H-pyrrole nitrogens is 1. The molecule has 0 aliphatic rings. The van der Waals surface area contributed by atoms with Gasteiger partial charge in [-0.1, -0.05) is 23.7 Å². The molecule has 3 aromatic rings. The van der Waals surface area contributed by atoms with Gasteiger partial charge in [-0.05, 0) is 48.7 Å². The van der Waals surface area contributed by atoms with Crippen molar-refractivity contribution in [2.75, 3.05) is 20.3 Å². The Balaban J connectivity index is 1.57. The molecule has 0 fully saturated rings. The number of halogens is 1. The van der Waals surface area contributed by atoms with Crippen molar-refractivity contribution >= 4 is 28.5 Å². The molecule has 1 heterocycles. The molecule has 6 nitrogen and oxygen atoms in total. The molecule has 2 atom stereocenters. The van der Waals surface area contributed by atoms with Gasteiger partial charge in [0.1, 0.15) is 5.75 Å². The predicted octanol–water partition coefficient (Wildman–Crippen LogP) is 3.63. The standard InChI is InChI=1S/C22H25ClN2O4/c1-14(24-12-21(26)15-4-3-5-17(23)9-15)8-16-11-25-20-10-18(6-7-19(16)20)29-13-22(27)28-2/h3-7,9-11,14,21,24-26H,8,12-13H2,1-2H3. The highest BCUT2D eigenvalue weighted by molar-refractivity contribution is 6.30. The van der Waals surface area contributed by atoms with Crippen molar-refractivity contribution in [1.82, 2.24) is 10.3 Å². The number of hydrogen-bond donors (Lipinski definition) is 3. The van der Waals surface area contributed by atoms with Crippen LogP contribution in [0, 0.1) is 0 Å². The van der Waals surface area contributed by atoms with E-state index in [-0.39, 0.29) is 12.6 Å². The molecule has 154 valence electrons. The lowest BCUT2D eigenvalue weighted by atomic mass is 10.0. The van der Waals surface area contributed by atoms with E-state index in [9.17, 15) is 9.90 Å². The van der Waals surface area contributed by atoms with Gasteiger partial charge < -0.3 is 24.9 Å². The second-order valence-corrected chi connectivity index (χ2v) is 7.41. The van der Waals surface area contributed by atoms with Crippen LogP contribution in [0.4, 0.5) is 0 Å². The van der Waals surface area contributed by atoms with Crippen molar-refractivity contribution in [3.05, 3.63) is 64.8 Å². The van der Waals surface area contributed by atoms with Crippen LogP contribution in [0.1, 0.15) is 24.2 Å². The highest BCUT2D eigenvalue weighted by atomic mass is 35.5. The van der Waals surface area contributed by atoms with Crippen LogP contribution in [-0.4, -0.2) is 42.4 Å². The Morgan fingerprint density at radius 3 is 2.86 bits per heavy atom.